The molecule has 2 rings (SSSR count). The molecule has 0 aliphatic rings. The summed E-state index contributed by atoms with van der Waals surface area (Å²) in [4.78, 5) is 12.2. The zero-order chi connectivity index (χ0) is 14.0. The molecule has 100 valence electrons. The van der Waals surface area contributed by atoms with Crippen molar-refractivity contribution < 1.29 is 0 Å². The lowest BCUT2D eigenvalue weighted by molar-refractivity contribution is 0.692. The number of aryl methyl sites for hydroxylation is 1. The minimum absolute atomic E-state index is 0.140. The summed E-state index contributed by atoms with van der Waals surface area (Å²) in [6.45, 7) is 6.40. The number of nitrogens with zero attached hydrogens (tertiary/aromatic N) is 2. The van der Waals surface area contributed by atoms with Crippen LogP contribution in [0.1, 0.15) is 36.6 Å². The van der Waals surface area contributed by atoms with Gasteiger partial charge in [-0.3, -0.25) is 4.79 Å². The first-order valence-corrected chi connectivity index (χ1v) is 6.43. The van der Waals surface area contributed by atoms with Gasteiger partial charge in [-0.05, 0) is 30.0 Å². The molecule has 0 fully saturated rings. The average Bonchev–Trinajstić information content (AvgIpc) is 2.39. The molecule has 19 heavy (non-hydrogen) atoms. The molecule has 0 bridgehead atoms. The summed E-state index contributed by atoms with van der Waals surface area (Å²) in [5.74, 6) is 0.231. The Morgan fingerprint density at radius 1 is 1.32 bits per heavy atom. The van der Waals surface area contributed by atoms with Gasteiger partial charge in [-0.1, -0.05) is 32.0 Å². The fraction of sp³-hybridized carbons (Fsp3) is 0.333. The van der Waals surface area contributed by atoms with Crippen molar-refractivity contribution in [1.29, 1.82) is 0 Å². The molecule has 1 aromatic heterocycles. The van der Waals surface area contributed by atoms with E-state index in [9.17, 15) is 4.79 Å². The highest BCUT2D eigenvalue weighted by atomic mass is 16.1. The number of para-hydroxylation sites is 1. The number of benzene rings is 1. The average molecular weight is 257 g/mol. The summed E-state index contributed by atoms with van der Waals surface area (Å²) in [5.41, 5.74) is 9.09. The second-order valence-corrected chi connectivity index (χ2v) is 4.95. The van der Waals surface area contributed by atoms with Crippen molar-refractivity contribution in [2.24, 2.45) is 5.73 Å². The molecule has 0 unspecified atom stereocenters. The minimum atomic E-state index is -0.140. The van der Waals surface area contributed by atoms with Crippen LogP contribution in [0, 0.1) is 6.92 Å². The van der Waals surface area contributed by atoms with Gasteiger partial charge in [0.05, 0.1) is 11.4 Å². The first-order valence-electron chi connectivity index (χ1n) is 6.43. The van der Waals surface area contributed by atoms with Gasteiger partial charge in [-0.25, -0.2) is 0 Å². The van der Waals surface area contributed by atoms with Gasteiger partial charge in [0.2, 0.25) is 0 Å². The second-order valence-electron chi connectivity index (χ2n) is 4.95. The monoisotopic (exact) mass is 257 g/mol. The summed E-state index contributed by atoms with van der Waals surface area (Å²) < 4.78 is 1.46. The van der Waals surface area contributed by atoms with E-state index in [1.54, 1.807) is 6.07 Å². The molecule has 4 heteroatoms. The van der Waals surface area contributed by atoms with Crippen molar-refractivity contribution >= 4 is 0 Å². The van der Waals surface area contributed by atoms with Gasteiger partial charge in [-0.2, -0.15) is 9.78 Å². The van der Waals surface area contributed by atoms with Gasteiger partial charge in [0.15, 0.2) is 0 Å². The lowest BCUT2D eigenvalue weighted by atomic mass is 10.0. The van der Waals surface area contributed by atoms with Crippen molar-refractivity contribution in [3.63, 3.8) is 0 Å². The van der Waals surface area contributed by atoms with Gasteiger partial charge in [0.1, 0.15) is 0 Å². The van der Waals surface area contributed by atoms with Crippen LogP contribution in [0.15, 0.2) is 35.1 Å². The predicted octanol–water partition coefficient (Wildman–Crippen LogP) is 2.12. The van der Waals surface area contributed by atoms with Gasteiger partial charge in [-0.15, -0.1) is 0 Å². The summed E-state index contributed by atoms with van der Waals surface area (Å²) >= 11 is 0. The quantitative estimate of drug-likeness (QED) is 0.916. The molecule has 2 aromatic rings. The van der Waals surface area contributed by atoms with E-state index in [4.69, 9.17) is 5.73 Å². The Labute approximate surface area is 112 Å². The van der Waals surface area contributed by atoms with E-state index in [0.717, 1.165) is 22.5 Å². The molecule has 4 nitrogen and oxygen atoms in total. The third-order valence-corrected chi connectivity index (χ3v) is 3.15. The smallest absolute Gasteiger partial charge is 0.271 e. The molecule has 1 heterocycles. The molecule has 0 spiro atoms. The van der Waals surface area contributed by atoms with E-state index in [2.05, 4.69) is 5.10 Å². The maximum atomic E-state index is 12.2. The Bertz CT molecular complexity index is 644. The molecular weight excluding hydrogens is 238 g/mol. The molecule has 0 aliphatic heterocycles. The number of aromatic nitrogens is 2. The fourth-order valence-electron chi connectivity index (χ4n) is 2.13. The van der Waals surface area contributed by atoms with Crippen molar-refractivity contribution in [1.82, 2.24) is 9.78 Å². The Kier molecular flexibility index (Phi) is 3.81. The van der Waals surface area contributed by atoms with Crippen LogP contribution in [0.3, 0.4) is 0 Å². The first kappa shape index (κ1) is 13.5. The Morgan fingerprint density at radius 3 is 2.58 bits per heavy atom. The number of nitrogens with two attached hydrogens (primary N) is 1. The van der Waals surface area contributed by atoms with Crippen LogP contribution < -0.4 is 11.3 Å². The summed E-state index contributed by atoms with van der Waals surface area (Å²) in [6.07, 6.45) is 0. The molecule has 0 amide bonds. The van der Waals surface area contributed by atoms with Crippen LogP contribution in [-0.4, -0.2) is 9.78 Å². The highest BCUT2D eigenvalue weighted by Gasteiger charge is 2.12. The van der Waals surface area contributed by atoms with Gasteiger partial charge >= 0.3 is 0 Å². The van der Waals surface area contributed by atoms with E-state index in [1.165, 1.54) is 4.68 Å². The van der Waals surface area contributed by atoms with E-state index in [-0.39, 0.29) is 11.5 Å². The summed E-state index contributed by atoms with van der Waals surface area (Å²) in [6, 6.07) is 9.31. The molecule has 0 saturated heterocycles. The first-order chi connectivity index (χ1) is 9.04. The maximum Gasteiger partial charge on any atom is 0.271 e. The zero-order valence-electron chi connectivity index (χ0n) is 11.6. The molecule has 0 saturated carbocycles. The standard InChI is InChI=1S/C15H19N3O/c1-10(2)15-12(9-16)8-14(19)18(17-15)13-7-5-4-6-11(13)3/h4-8,10H,9,16H2,1-3H3. The topological polar surface area (TPSA) is 60.9 Å². The largest absolute Gasteiger partial charge is 0.326 e. The lowest BCUT2D eigenvalue weighted by Crippen LogP contribution is -2.25. The van der Waals surface area contributed by atoms with Crippen molar-refractivity contribution in [2.75, 3.05) is 0 Å². The lowest BCUT2D eigenvalue weighted by Gasteiger charge is -2.14. The molecule has 2 N–H and O–H groups in total. The fourth-order valence-corrected chi connectivity index (χ4v) is 2.13. The van der Waals surface area contributed by atoms with Gasteiger partial charge in [0.25, 0.3) is 5.56 Å². The van der Waals surface area contributed by atoms with Gasteiger partial charge < -0.3 is 5.73 Å². The van der Waals surface area contributed by atoms with E-state index in [1.807, 2.05) is 45.0 Å². The Hall–Kier alpha value is -1.94. The van der Waals surface area contributed by atoms with Crippen molar-refractivity contribution in [3.8, 4) is 5.69 Å². The van der Waals surface area contributed by atoms with Crippen LogP contribution in [0.4, 0.5) is 0 Å². The van der Waals surface area contributed by atoms with Crippen LogP contribution in [0.2, 0.25) is 0 Å². The Balaban J connectivity index is 2.69. The van der Waals surface area contributed by atoms with E-state index >= 15 is 0 Å². The third kappa shape index (κ3) is 2.58. The highest BCUT2D eigenvalue weighted by Crippen LogP contribution is 2.17. The molecule has 0 atom stereocenters. The van der Waals surface area contributed by atoms with Crippen LogP contribution in [0.25, 0.3) is 5.69 Å². The van der Waals surface area contributed by atoms with Crippen molar-refractivity contribution in [2.45, 2.75) is 33.2 Å². The number of hydrogen-bond donors (Lipinski definition) is 1. The third-order valence-electron chi connectivity index (χ3n) is 3.15. The molecule has 0 radical (unpaired) electrons. The predicted molar refractivity (Wildman–Crippen MR) is 76.6 cm³/mol. The van der Waals surface area contributed by atoms with Crippen LogP contribution in [0.5, 0.6) is 0 Å². The Morgan fingerprint density at radius 2 is 2.00 bits per heavy atom. The minimum Gasteiger partial charge on any atom is -0.326 e. The van der Waals surface area contributed by atoms with Gasteiger partial charge in [0, 0.05) is 12.6 Å². The molecular formula is C15H19N3O. The summed E-state index contributed by atoms with van der Waals surface area (Å²) in [7, 11) is 0. The van der Waals surface area contributed by atoms with E-state index < -0.39 is 0 Å². The zero-order valence-corrected chi connectivity index (χ0v) is 11.6. The normalized spacial score (nSPS) is 11.0. The van der Waals surface area contributed by atoms with Crippen molar-refractivity contribution in [3.05, 3.63) is 57.5 Å². The maximum absolute atomic E-state index is 12.2. The summed E-state index contributed by atoms with van der Waals surface area (Å²) in [5, 5.41) is 4.50. The number of hydrogen-bond acceptors (Lipinski definition) is 3. The van der Waals surface area contributed by atoms with E-state index in [0.29, 0.717) is 6.54 Å². The molecule has 0 aliphatic carbocycles. The number of rotatable bonds is 3. The SMILES string of the molecule is Cc1ccccc1-n1nc(C(C)C)c(CN)cc1=O. The van der Waals surface area contributed by atoms with Crippen LogP contribution in [-0.2, 0) is 6.54 Å². The molecule has 1 aromatic carbocycles. The highest BCUT2D eigenvalue weighted by molar-refractivity contribution is 5.39. The van der Waals surface area contributed by atoms with Crippen LogP contribution >= 0.6 is 0 Å². The second kappa shape index (κ2) is 5.36.